The van der Waals surface area contributed by atoms with Crippen LogP contribution >= 0.6 is 11.3 Å². The molecule has 210 valence electrons. The lowest BCUT2D eigenvalue weighted by molar-refractivity contribution is -0.115. The van der Waals surface area contributed by atoms with Crippen molar-refractivity contribution in [1.82, 2.24) is 19.9 Å². The molecule has 1 aliphatic carbocycles. The van der Waals surface area contributed by atoms with E-state index in [4.69, 9.17) is 9.47 Å². The maximum Gasteiger partial charge on any atom is 0.229 e. The molecule has 3 N–H and O–H groups in total. The molecule has 4 aromatic rings. The SMILES string of the molecule is COc1cc2c(Nc3ncc(CC(=O)Nc4cccc(F)c4)s3)ncnc2cc1OCCCN(CCO)C1CC1. The van der Waals surface area contributed by atoms with Crippen LogP contribution in [0.15, 0.2) is 48.9 Å². The maximum absolute atomic E-state index is 13.4. The zero-order valence-corrected chi connectivity index (χ0v) is 22.9. The predicted molar refractivity (Wildman–Crippen MR) is 152 cm³/mol. The summed E-state index contributed by atoms with van der Waals surface area (Å²) in [5, 5.41) is 16.5. The lowest BCUT2D eigenvalue weighted by Gasteiger charge is -2.20. The van der Waals surface area contributed by atoms with Gasteiger partial charge in [-0.2, -0.15) is 0 Å². The standard InChI is InChI=1S/C28H31FN6O4S/c1-38-24-14-22-23(15-25(24)39-11-3-8-35(9-10-36)20-6-7-20)31-17-32-27(22)34-28-30-16-21(40-28)13-26(37)33-19-5-2-4-18(29)12-19/h2,4-5,12,14-17,20,36H,3,6-11,13H2,1H3,(H,33,37)(H,30,31,32,34). The molecule has 0 spiro atoms. The molecule has 0 bridgehead atoms. The van der Waals surface area contributed by atoms with Crippen molar-refractivity contribution < 1.29 is 23.8 Å². The quantitative estimate of drug-likeness (QED) is 0.191. The Labute approximate surface area is 235 Å². The van der Waals surface area contributed by atoms with E-state index in [-0.39, 0.29) is 18.9 Å². The topological polar surface area (TPSA) is 122 Å². The van der Waals surface area contributed by atoms with E-state index in [1.807, 2.05) is 12.1 Å². The summed E-state index contributed by atoms with van der Waals surface area (Å²) >= 11 is 1.32. The van der Waals surface area contributed by atoms with Gasteiger partial charge in [0.1, 0.15) is 18.0 Å². The first-order valence-corrected chi connectivity index (χ1v) is 13.9. The minimum Gasteiger partial charge on any atom is -0.493 e. The molecule has 2 aromatic carbocycles. The predicted octanol–water partition coefficient (Wildman–Crippen LogP) is 4.38. The molecule has 2 aromatic heterocycles. The first-order valence-electron chi connectivity index (χ1n) is 13.1. The number of amides is 1. The van der Waals surface area contributed by atoms with Crippen LogP contribution in [-0.4, -0.2) is 70.3 Å². The second kappa shape index (κ2) is 13.0. The van der Waals surface area contributed by atoms with Gasteiger partial charge in [-0.15, -0.1) is 11.3 Å². The molecular formula is C28H31FN6O4S. The van der Waals surface area contributed by atoms with E-state index < -0.39 is 5.82 Å². The van der Waals surface area contributed by atoms with Gasteiger partial charge in [-0.25, -0.2) is 19.3 Å². The molecular weight excluding hydrogens is 535 g/mol. The molecule has 0 saturated heterocycles. The van der Waals surface area contributed by atoms with Crippen molar-refractivity contribution in [2.45, 2.75) is 31.7 Å². The first-order chi connectivity index (χ1) is 19.5. The van der Waals surface area contributed by atoms with Crippen LogP contribution in [0, 0.1) is 5.82 Å². The number of hydrogen-bond acceptors (Lipinski definition) is 10. The number of methoxy groups -OCH3 is 1. The minimum absolute atomic E-state index is 0.104. The van der Waals surface area contributed by atoms with E-state index in [1.165, 1.54) is 42.6 Å². The highest BCUT2D eigenvalue weighted by atomic mass is 32.1. The average molecular weight is 567 g/mol. The van der Waals surface area contributed by atoms with E-state index >= 15 is 0 Å². The molecule has 1 amide bonds. The number of halogens is 1. The van der Waals surface area contributed by atoms with Crippen LogP contribution in [0.5, 0.6) is 11.5 Å². The van der Waals surface area contributed by atoms with E-state index in [0.29, 0.717) is 52.8 Å². The molecule has 0 aliphatic heterocycles. The van der Waals surface area contributed by atoms with Gasteiger partial charge in [0, 0.05) is 47.3 Å². The number of anilines is 3. The maximum atomic E-state index is 13.4. The molecule has 10 nitrogen and oxygen atoms in total. The molecule has 1 aliphatic rings. The van der Waals surface area contributed by atoms with Crippen LogP contribution in [0.2, 0.25) is 0 Å². The van der Waals surface area contributed by atoms with Crippen LogP contribution in [0.3, 0.4) is 0 Å². The summed E-state index contributed by atoms with van der Waals surface area (Å²) in [4.78, 5) is 28.6. The molecule has 12 heteroatoms. The number of hydrogen-bond donors (Lipinski definition) is 3. The molecule has 0 radical (unpaired) electrons. The molecule has 1 fully saturated rings. The second-order valence-electron chi connectivity index (χ2n) is 9.43. The number of benzene rings is 2. The number of thiazole rings is 1. The fourth-order valence-corrected chi connectivity index (χ4v) is 5.22. The lowest BCUT2D eigenvalue weighted by atomic mass is 10.2. The summed E-state index contributed by atoms with van der Waals surface area (Å²) < 4.78 is 25.0. The Morgan fingerprint density at radius 1 is 1.18 bits per heavy atom. The summed E-state index contributed by atoms with van der Waals surface area (Å²) in [5.74, 6) is 1.03. The zero-order valence-electron chi connectivity index (χ0n) is 22.1. The van der Waals surface area contributed by atoms with E-state index in [1.54, 1.807) is 25.4 Å². The van der Waals surface area contributed by atoms with Crippen LogP contribution in [0.25, 0.3) is 10.9 Å². The van der Waals surface area contributed by atoms with Gasteiger partial charge in [-0.05, 0) is 43.5 Å². The van der Waals surface area contributed by atoms with Crippen LogP contribution < -0.4 is 20.1 Å². The third-order valence-corrected chi connectivity index (χ3v) is 7.35. The summed E-state index contributed by atoms with van der Waals surface area (Å²) in [6, 6.07) is 10.0. The number of aliphatic hydroxyl groups is 1. The van der Waals surface area contributed by atoms with Gasteiger partial charge in [0.25, 0.3) is 0 Å². The monoisotopic (exact) mass is 566 g/mol. The summed E-state index contributed by atoms with van der Waals surface area (Å²) in [6.45, 7) is 2.25. The first kappa shape index (κ1) is 27.7. The number of carbonyl (C=O) groups excluding carboxylic acids is 1. The fraction of sp³-hybridized carbons (Fsp3) is 0.357. The normalized spacial score (nSPS) is 13.0. The number of aliphatic hydroxyl groups excluding tert-OH is 1. The van der Waals surface area contributed by atoms with Crippen molar-refractivity contribution in [1.29, 1.82) is 0 Å². The molecule has 1 saturated carbocycles. The Bertz CT molecular complexity index is 1460. The highest BCUT2D eigenvalue weighted by Crippen LogP contribution is 2.35. The number of aromatic nitrogens is 3. The summed E-state index contributed by atoms with van der Waals surface area (Å²) in [7, 11) is 1.59. The van der Waals surface area contributed by atoms with Crippen molar-refractivity contribution in [3.63, 3.8) is 0 Å². The fourth-order valence-electron chi connectivity index (χ4n) is 4.41. The summed E-state index contributed by atoms with van der Waals surface area (Å²) in [5.41, 5.74) is 1.08. The van der Waals surface area contributed by atoms with Gasteiger partial charge >= 0.3 is 0 Å². The Kier molecular flexibility index (Phi) is 8.99. The van der Waals surface area contributed by atoms with Gasteiger partial charge in [-0.1, -0.05) is 6.07 Å². The van der Waals surface area contributed by atoms with E-state index in [2.05, 4.69) is 30.5 Å². The number of rotatable bonds is 14. The number of nitrogens with zero attached hydrogens (tertiary/aromatic N) is 4. The van der Waals surface area contributed by atoms with Crippen molar-refractivity contribution in [2.24, 2.45) is 0 Å². The average Bonchev–Trinajstić information content (AvgIpc) is 3.70. The Morgan fingerprint density at radius 2 is 2.05 bits per heavy atom. The van der Waals surface area contributed by atoms with Gasteiger partial charge in [0.15, 0.2) is 16.6 Å². The Hall–Kier alpha value is -3.87. The summed E-state index contributed by atoms with van der Waals surface area (Å²) in [6.07, 6.45) is 6.42. The molecule has 0 unspecified atom stereocenters. The number of fused-ring (bicyclic) bond motifs is 1. The van der Waals surface area contributed by atoms with Gasteiger partial charge in [0.2, 0.25) is 5.91 Å². The van der Waals surface area contributed by atoms with Gasteiger partial charge < -0.3 is 25.2 Å². The van der Waals surface area contributed by atoms with Crippen molar-refractivity contribution >= 4 is 44.8 Å². The van der Waals surface area contributed by atoms with E-state index in [0.717, 1.165) is 23.2 Å². The second-order valence-corrected chi connectivity index (χ2v) is 10.5. The highest BCUT2D eigenvalue weighted by Gasteiger charge is 2.28. The van der Waals surface area contributed by atoms with E-state index in [9.17, 15) is 14.3 Å². The van der Waals surface area contributed by atoms with Crippen molar-refractivity contribution in [3.05, 3.63) is 59.6 Å². The van der Waals surface area contributed by atoms with Crippen LogP contribution in [-0.2, 0) is 11.2 Å². The molecule has 0 atom stereocenters. The Balaban J connectivity index is 1.22. The Morgan fingerprint density at radius 3 is 2.83 bits per heavy atom. The number of nitrogens with one attached hydrogen (secondary N) is 2. The van der Waals surface area contributed by atoms with Crippen molar-refractivity contribution in [2.75, 3.05) is 44.0 Å². The highest BCUT2D eigenvalue weighted by molar-refractivity contribution is 7.15. The lowest BCUT2D eigenvalue weighted by Crippen LogP contribution is -2.31. The van der Waals surface area contributed by atoms with Crippen LogP contribution in [0.4, 0.5) is 21.0 Å². The third kappa shape index (κ3) is 7.20. The smallest absolute Gasteiger partial charge is 0.229 e. The number of ether oxygens (including phenoxy) is 2. The minimum atomic E-state index is -0.413. The third-order valence-electron chi connectivity index (χ3n) is 6.44. The number of carbonyl (C=O) groups is 1. The molecule has 2 heterocycles. The van der Waals surface area contributed by atoms with Crippen molar-refractivity contribution in [3.8, 4) is 11.5 Å². The van der Waals surface area contributed by atoms with Crippen LogP contribution in [0.1, 0.15) is 24.1 Å². The van der Waals surface area contributed by atoms with Gasteiger partial charge in [-0.3, -0.25) is 9.69 Å². The van der Waals surface area contributed by atoms with Gasteiger partial charge in [0.05, 0.1) is 32.3 Å². The zero-order chi connectivity index (χ0) is 27.9. The largest absolute Gasteiger partial charge is 0.493 e. The molecule has 5 rings (SSSR count). The molecule has 40 heavy (non-hydrogen) atoms.